The van der Waals surface area contributed by atoms with E-state index in [4.69, 9.17) is 10.8 Å². The van der Waals surface area contributed by atoms with Gasteiger partial charge in [0.25, 0.3) is 0 Å². The fourth-order valence-corrected chi connectivity index (χ4v) is 0.755. The summed E-state index contributed by atoms with van der Waals surface area (Å²) >= 11 is 0. The molecule has 0 fully saturated rings. The number of nitrogens with two attached hydrogens (primary N) is 1. The van der Waals surface area contributed by atoms with E-state index in [1.807, 2.05) is 0 Å². The van der Waals surface area contributed by atoms with Crippen molar-refractivity contribution in [2.24, 2.45) is 5.73 Å². The molecule has 0 aliphatic rings. The molecule has 0 amide bonds. The number of aliphatic hydroxyl groups is 1. The number of aliphatic hydroxyl groups excluding tert-OH is 1. The second kappa shape index (κ2) is 7.10. The summed E-state index contributed by atoms with van der Waals surface area (Å²) in [6.07, 6.45) is 3.97. The molecule has 10 heavy (non-hydrogen) atoms. The zero-order valence-corrected chi connectivity index (χ0v) is 6.71. The van der Waals surface area contributed by atoms with Crippen LogP contribution in [-0.2, 0) is 0 Å². The number of hydrogen-bond donors (Lipinski definition) is 2. The molecule has 0 aromatic rings. The molecule has 0 bridgehead atoms. The Hall–Kier alpha value is -0.0151. The minimum atomic E-state index is -0.322. The first-order valence-electron chi connectivity index (χ1n) is 4.01. The van der Waals surface area contributed by atoms with E-state index < -0.39 is 0 Å². The first-order chi connectivity index (χ1) is 4.81. The maximum atomic E-state index is 9.00. The third kappa shape index (κ3) is 6.11. The Morgan fingerprint density at radius 3 is 2.80 bits per heavy atom. The van der Waals surface area contributed by atoms with Crippen molar-refractivity contribution in [3.05, 3.63) is 0 Å². The minimum absolute atomic E-state index is 0.322. The van der Waals surface area contributed by atoms with Crippen molar-refractivity contribution in [2.45, 2.75) is 38.5 Å². The molecule has 0 saturated heterocycles. The van der Waals surface area contributed by atoms with Crippen molar-refractivity contribution < 1.29 is 5.11 Å². The zero-order chi connectivity index (χ0) is 7.82. The number of unbranched alkanes of at least 4 members (excludes halogenated alkanes) is 1. The van der Waals surface area contributed by atoms with E-state index in [2.05, 4.69) is 14.2 Å². The second-order valence-corrected chi connectivity index (χ2v) is 2.56. The average molecular weight is 142 g/mol. The summed E-state index contributed by atoms with van der Waals surface area (Å²) in [7, 11) is 2.11. The Kier molecular flexibility index (Phi) is 7.09. The summed E-state index contributed by atoms with van der Waals surface area (Å²) < 4.78 is 0. The van der Waals surface area contributed by atoms with E-state index in [-0.39, 0.29) is 6.10 Å². The third-order valence-corrected chi connectivity index (χ3v) is 1.47. The van der Waals surface area contributed by atoms with E-state index in [1.165, 1.54) is 12.8 Å². The summed E-state index contributed by atoms with van der Waals surface area (Å²) in [5.41, 5.74) is 5.22. The lowest BCUT2D eigenvalue weighted by molar-refractivity contribution is 0.203. The maximum Gasteiger partial charge on any atom is 0.112 e. The number of rotatable bonds is 6. The molecule has 1 radical (unpaired) electrons. The highest BCUT2D eigenvalue weighted by atomic mass is 16.3. The minimum Gasteiger partial charge on any atom is -0.393 e. The van der Waals surface area contributed by atoms with Crippen molar-refractivity contribution in [3.63, 3.8) is 0 Å². The molecule has 59 valence electrons. The van der Waals surface area contributed by atoms with Gasteiger partial charge in [-0.15, -0.1) is 0 Å². The molecule has 0 saturated carbocycles. The van der Waals surface area contributed by atoms with Crippen LogP contribution in [0.25, 0.3) is 0 Å². The molecule has 0 spiro atoms. The standard InChI is InChI=1S/C7H17BNO/c1-2-3-4-8-5-7(10)6-9/h7,10H,2-6,9H2,1H3. The zero-order valence-electron chi connectivity index (χ0n) is 6.71. The molecule has 3 heteroatoms. The van der Waals surface area contributed by atoms with Crippen LogP contribution in [0.5, 0.6) is 0 Å². The van der Waals surface area contributed by atoms with Gasteiger partial charge in [0.2, 0.25) is 0 Å². The molecule has 1 atom stereocenters. The Morgan fingerprint density at radius 2 is 2.30 bits per heavy atom. The molecular weight excluding hydrogens is 125 g/mol. The third-order valence-electron chi connectivity index (χ3n) is 1.47. The van der Waals surface area contributed by atoms with Crippen LogP contribution < -0.4 is 5.73 Å². The van der Waals surface area contributed by atoms with Gasteiger partial charge in [0.1, 0.15) is 7.28 Å². The summed E-state index contributed by atoms with van der Waals surface area (Å²) in [5, 5.41) is 9.00. The van der Waals surface area contributed by atoms with Gasteiger partial charge >= 0.3 is 0 Å². The molecule has 0 aliphatic carbocycles. The van der Waals surface area contributed by atoms with Crippen LogP contribution in [0.4, 0.5) is 0 Å². The Balaban J connectivity index is 2.89. The predicted octanol–water partition coefficient (Wildman–Crippen LogP) is 0.647. The predicted molar refractivity (Wildman–Crippen MR) is 45.3 cm³/mol. The Labute approximate surface area is 64.1 Å². The normalized spacial score (nSPS) is 13.1. The molecule has 0 rings (SSSR count). The quantitative estimate of drug-likeness (QED) is 0.422. The van der Waals surface area contributed by atoms with Gasteiger partial charge in [-0.2, -0.15) is 0 Å². The van der Waals surface area contributed by atoms with Gasteiger partial charge in [-0.05, 0) is 0 Å². The smallest absolute Gasteiger partial charge is 0.112 e. The summed E-state index contributed by atoms with van der Waals surface area (Å²) in [4.78, 5) is 0. The summed E-state index contributed by atoms with van der Waals surface area (Å²) in [5.74, 6) is 0. The van der Waals surface area contributed by atoms with E-state index in [9.17, 15) is 0 Å². The van der Waals surface area contributed by atoms with Crippen molar-refractivity contribution in [2.75, 3.05) is 6.54 Å². The van der Waals surface area contributed by atoms with E-state index in [1.54, 1.807) is 0 Å². The van der Waals surface area contributed by atoms with E-state index in [0.29, 0.717) is 6.54 Å². The SMILES string of the molecule is CCCC[B]CC(O)CN. The number of hydrogen-bond acceptors (Lipinski definition) is 2. The topological polar surface area (TPSA) is 46.2 Å². The summed E-state index contributed by atoms with van der Waals surface area (Å²) in [6.45, 7) is 2.54. The Bertz CT molecular complexity index is 70.6. The van der Waals surface area contributed by atoms with Gasteiger partial charge in [0.15, 0.2) is 0 Å². The monoisotopic (exact) mass is 142 g/mol. The lowest BCUT2D eigenvalue weighted by atomic mass is 9.68. The molecular formula is C7H17BNO. The van der Waals surface area contributed by atoms with Crippen LogP contribution in [0.2, 0.25) is 12.6 Å². The lowest BCUT2D eigenvalue weighted by Gasteiger charge is -2.04. The van der Waals surface area contributed by atoms with Gasteiger partial charge in [-0.3, -0.25) is 0 Å². The van der Waals surface area contributed by atoms with E-state index in [0.717, 1.165) is 12.6 Å². The van der Waals surface area contributed by atoms with Gasteiger partial charge < -0.3 is 10.8 Å². The van der Waals surface area contributed by atoms with Gasteiger partial charge in [0.05, 0.1) is 6.10 Å². The average Bonchev–Trinajstić information content (AvgIpc) is 1.98. The summed E-state index contributed by atoms with van der Waals surface area (Å²) in [6, 6.07) is 0. The maximum absolute atomic E-state index is 9.00. The van der Waals surface area contributed by atoms with E-state index >= 15 is 0 Å². The molecule has 3 N–H and O–H groups in total. The highest BCUT2D eigenvalue weighted by Gasteiger charge is 1.99. The van der Waals surface area contributed by atoms with Crippen LogP contribution in [0.1, 0.15) is 19.8 Å². The fraction of sp³-hybridized carbons (Fsp3) is 1.00. The van der Waals surface area contributed by atoms with Crippen molar-refractivity contribution in [1.82, 2.24) is 0 Å². The first kappa shape index (κ1) is 9.98. The van der Waals surface area contributed by atoms with Crippen molar-refractivity contribution in [3.8, 4) is 0 Å². The lowest BCUT2D eigenvalue weighted by Crippen LogP contribution is -2.20. The first-order valence-corrected chi connectivity index (χ1v) is 4.01. The molecule has 0 heterocycles. The van der Waals surface area contributed by atoms with Crippen LogP contribution in [-0.4, -0.2) is 25.0 Å². The van der Waals surface area contributed by atoms with Gasteiger partial charge in [-0.25, -0.2) is 0 Å². The highest BCUT2D eigenvalue weighted by Crippen LogP contribution is 1.98. The molecule has 2 nitrogen and oxygen atoms in total. The Morgan fingerprint density at radius 1 is 1.60 bits per heavy atom. The van der Waals surface area contributed by atoms with Crippen LogP contribution >= 0.6 is 0 Å². The van der Waals surface area contributed by atoms with Crippen molar-refractivity contribution in [1.29, 1.82) is 0 Å². The van der Waals surface area contributed by atoms with Crippen LogP contribution in [0.3, 0.4) is 0 Å². The highest BCUT2D eigenvalue weighted by molar-refractivity contribution is 6.35. The fourth-order valence-electron chi connectivity index (χ4n) is 0.755. The van der Waals surface area contributed by atoms with Crippen LogP contribution in [0.15, 0.2) is 0 Å². The molecule has 0 aliphatic heterocycles. The second-order valence-electron chi connectivity index (χ2n) is 2.56. The van der Waals surface area contributed by atoms with Crippen molar-refractivity contribution >= 4 is 7.28 Å². The molecule has 1 unspecified atom stereocenters. The molecule has 0 aromatic carbocycles. The van der Waals surface area contributed by atoms with Gasteiger partial charge in [0, 0.05) is 6.54 Å². The van der Waals surface area contributed by atoms with Gasteiger partial charge in [-0.1, -0.05) is 32.4 Å². The largest absolute Gasteiger partial charge is 0.393 e. The van der Waals surface area contributed by atoms with Crippen LogP contribution in [0, 0.1) is 0 Å². The molecule has 0 aromatic heterocycles.